The van der Waals surface area contributed by atoms with Crippen LogP contribution in [0.15, 0.2) is 0 Å². The summed E-state index contributed by atoms with van der Waals surface area (Å²) in [4.78, 5) is 16.2. The highest BCUT2D eigenvalue weighted by atomic mass is 16.1. The summed E-state index contributed by atoms with van der Waals surface area (Å²) in [5, 5.41) is 3.40. The molecule has 0 bridgehead atoms. The molecule has 0 aliphatic carbocycles. The Balaban J connectivity index is 2.02. The van der Waals surface area contributed by atoms with E-state index in [0.717, 1.165) is 45.4 Å². The third-order valence-corrected chi connectivity index (χ3v) is 4.09. The maximum absolute atomic E-state index is 11.2. The van der Waals surface area contributed by atoms with Crippen molar-refractivity contribution in [1.29, 1.82) is 0 Å². The number of rotatable bonds is 4. The van der Waals surface area contributed by atoms with E-state index in [1.807, 2.05) is 0 Å². The van der Waals surface area contributed by atoms with Gasteiger partial charge in [0, 0.05) is 32.7 Å². The summed E-state index contributed by atoms with van der Waals surface area (Å²) in [5.74, 6) is 0. The molecule has 0 aromatic heterocycles. The van der Waals surface area contributed by atoms with Gasteiger partial charge in [-0.05, 0) is 25.7 Å². The molecule has 2 unspecified atom stereocenters. The fourth-order valence-corrected chi connectivity index (χ4v) is 3.10. The fourth-order valence-electron chi connectivity index (χ4n) is 3.10. The molecule has 2 saturated heterocycles. The zero-order chi connectivity index (χ0) is 12.1. The molecule has 0 aromatic carbocycles. The highest BCUT2D eigenvalue weighted by Gasteiger charge is 2.32. The van der Waals surface area contributed by atoms with Gasteiger partial charge in [0.25, 0.3) is 0 Å². The first-order valence-electron chi connectivity index (χ1n) is 7.02. The van der Waals surface area contributed by atoms with E-state index in [0.29, 0.717) is 6.17 Å². The van der Waals surface area contributed by atoms with Crippen molar-refractivity contribution in [2.45, 2.75) is 44.8 Å². The Morgan fingerprint density at radius 2 is 2.06 bits per heavy atom. The maximum Gasteiger partial charge on any atom is 0.137 e. The fraction of sp³-hybridized carbons (Fsp3) is 0.923. The summed E-state index contributed by atoms with van der Waals surface area (Å²) in [7, 11) is 0. The third kappa shape index (κ3) is 3.06. The normalized spacial score (nSPS) is 30.1. The standard InChI is InChI=1S/C13H25N3O/c1-2-12(11-17)16-8-4-3-5-13(16)15-9-6-14-7-10-15/h11-14H,2-10H2,1H3. The van der Waals surface area contributed by atoms with Gasteiger partial charge in [-0.1, -0.05) is 6.92 Å². The second-order valence-corrected chi connectivity index (χ2v) is 5.11. The van der Waals surface area contributed by atoms with Crippen LogP contribution in [0, 0.1) is 0 Å². The van der Waals surface area contributed by atoms with Crippen molar-refractivity contribution >= 4 is 6.29 Å². The van der Waals surface area contributed by atoms with Crippen molar-refractivity contribution in [3.05, 3.63) is 0 Å². The molecular formula is C13H25N3O. The number of carbonyl (C=O) groups is 1. The summed E-state index contributed by atoms with van der Waals surface area (Å²) < 4.78 is 0. The SMILES string of the molecule is CCC(C=O)N1CCCCC1N1CCNCC1. The molecule has 2 heterocycles. The van der Waals surface area contributed by atoms with E-state index in [2.05, 4.69) is 22.0 Å². The van der Waals surface area contributed by atoms with Gasteiger partial charge in [-0.2, -0.15) is 0 Å². The quantitative estimate of drug-likeness (QED) is 0.732. The van der Waals surface area contributed by atoms with Crippen molar-refractivity contribution in [1.82, 2.24) is 15.1 Å². The van der Waals surface area contributed by atoms with Crippen molar-refractivity contribution in [2.24, 2.45) is 0 Å². The van der Waals surface area contributed by atoms with Crippen molar-refractivity contribution in [2.75, 3.05) is 32.7 Å². The van der Waals surface area contributed by atoms with E-state index in [-0.39, 0.29) is 6.04 Å². The Morgan fingerprint density at radius 3 is 2.71 bits per heavy atom. The van der Waals surface area contributed by atoms with Crippen LogP contribution in [-0.4, -0.2) is 61.0 Å². The smallest absolute Gasteiger partial charge is 0.137 e. The molecule has 4 heteroatoms. The average molecular weight is 239 g/mol. The number of hydrogen-bond donors (Lipinski definition) is 1. The van der Waals surface area contributed by atoms with Crippen molar-refractivity contribution in [3.8, 4) is 0 Å². The molecule has 98 valence electrons. The second kappa shape index (κ2) is 6.47. The van der Waals surface area contributed by atoms with Gasteiger partial charge in [-0.15, -0.1) is 0 Å². The lowest BCUT2D eigenvalue weighted by molar-refractivity contribution is -0.117. The van der Waals surface area contributed by atoms with Crippen LogP contribution < -0.4 is 5.32 Å². The zero-order valence-electron chi connectivity index (χ0n) is 10.9. The summed E-state index contributed by atoms with van der Waals surface area (Å²) >= 11 is 0. The number of carbonyl (C=O) groups excluding carboxylic acids is 1. The first-order chi connectivity index (χ1) is 8.36. The van der Waals surface area contributed by atoms with Gasteiger partial charge in [-0.25, -0.2) is 0 Å². The number of hydrogen-bond acceptors (Lipinski definition) is 4. The molecular weight excluding hydrogens is 214 g/mol. The molecule has 2 rings (SSSR count). The summed E-state index contributed by atoms with van der Waals surface area (Å²) in [6, 6.07) is 0.121. The second-order valence-electron chi connectivity index (χ2n) is 5.11. The van der Waals surface area contributed by atoms with Gasteiger partial charge in [0.15, 0.2) is 0 Å². The van der Waals surface area contributed by atoms with E-state index in [9.17, 15) is 4.79 Å². The van der Waals surface area contributed by atoms with Crippen LogP contribution in [-0.2, 0) is 4.79 Å². The molecule has 1 N–H and O–H groups in total. The van der Waals surface area contributed by atoms with Crippen molar-refractivity contribution < 1.29 is 4.79 Å². The molecule has 2 aliphatic heterocycles. The van der Waals surface area contributed by atoms with Crippen molar-refractivity contribution in [3.63, 3.8) is 0 Å². The predicted octanol–water partition coefficient (Wildman–Crippen LogP) is 0.681. The maximum atomic E-state index is 11.2. The summed E-state index contributed by atoms with van der Waals surface area (Å²) in [5.41, 5.74) is 0. The van der Waals surface area contributed by atoms with E-state index in [1.54, 1.807) is 0 Å². The van der Waals surface area contributed by atoms with Gasteiger partial charge >= 0.3 is 0 Å². The predicted molar refractivity (Wildman–Crippen MR) is 68.9 cm³/mol. The minimum atomic E-state index is 0.121. The van der Waals surface area contributed by atoms with E-state index in [1.165, 1.54) is 19.3 Å². The topological polar surface area (TPSA) is 35.6 Å². The van der Waals surface area contributed by atoms with Crippen LogP contribution in [0.2, 0.25) is 0 Å². The number of nitrogens with one attached hydrogen (secondary N) is 1. The summed E-state index contributed by atoms with van der Waals surface area (Å²) in [6.07, 6.45) is 6.35. The molecule has 0 aromatic rings. The molecule has 2 atom stereocenters. The Hall–Kier alpha value is -0.450. The lowest BCUT2D eigenvalue weighted by Gasteiger charge is -2.46. The van der Waals surface area contributed by atoms with E-state index >= 15 is 0 Å². The van der Waals surface area contributed by atoms with Crippen LogP contribution >= 0.6 is 0 Å². The molecule has 2 aliphatic rings. The van der Waals surface area contributed by atoms with Gasteiger partial charge in [0.1, 0.15) is 6.29 Å². The number of piperidine rings is 1. The largest absolute Gasteiger partial charge is 0.314 e. The highest BCUT2D eigenvalue weighted by molar-refractivity contribution is 5.57. The Morgan fingerprint density at radius 1 is 1.29 bits per heavy atom. The molecule has 0 saturated carbocycles. The number of aldehydes is 1. The van der Waals surface area contributed by atoms with Crippen LogP contribution in [0.1, 0.15) is 32.6 Å². The van der Waals surface area contributed by atoms with Gasteiger partial charge in [0.2, 0.25) is 0 Å². The van der Waals surface area contributed by atoms with E-state index < -0.39 is 0 Å². The molecule has 2 fully saturated rings. The molecule has 17 heavy (non-hydrogen) atoms. The minimum absolute atomic E-state index is 0.121. The highest BCUT2D eigenvalue weighted by Crippen LogP contribution is 2.23. The third-order valence-electron chi connectivity index (χ3n) is 4.09. The Kier molecular flexibility index (Phi) is 4.95. The molecule has 0 spiro atoms. The molecule has 0 amide bonds. The summed E-state index contributed by atoms with van der Waals surface area (Å²) in [6.45, 7) is 7.62. The Bertz CT molecular complexity index is 241. The molecule has 4 nitrogen and oxygen atoms in total. The van der Waals surface area contributed by atoms with Crippen LogP contribution in [0.4, 0.5) is 0 Å². The van der Waals surface area contributed by atoms with Gasteiger partial charge < -0.3 is 10.1 Å². The monoisotopic (exact) mass is 239 g/mol. The number of likely N-dealkylation sites (tertiary alicyclic amines) is 1. The number of nitrogens with zero attached hydrogens (tertiary/aromatic N) is 2. The average Bonchev–Trinajstić information content (AvgIpc) is 2.42. The first-order valence-corrected chi connectivity index (χ1v) is 7.02. The molecule has 0 radical (unpaired) electrons. The minimum Gasteiger partial charge on any atom is -0.314 e. The van der Waals surface area contributed by atoms with E-state index in [4.69, 9.17) is 0 Å². The lowest BCUT2D eigenvalue weighted by Crippen LogP contribution is -2.59. The van der Waals surface area contributed by atoms with Crippen LogP contribution in [0.5, 0.6) is 0 Å². The van der Waals surface area contributed by atoms with Crippen LogP contribution in [0.3, 0.4) is 0 Å². The first kappa shape index (κ1) is 13.0. The zero-order valence-corrected chi connectivity index (χ0v) is 10.9. The Labute approximate surface area is 104 Å². The van der Waals surface area contributed by atoms with Gasteiger partial charge in [-0.3, -0.25) is 9.80 Å². The van der Waals surface area contributed by atoms with Gasteiger partial charge in [0.05, 0.1) is 12.2 Å². The number of piperazine rings is 1. The van der Waals surface area contributed by atoms with Crippen LogP contribution in [0.25, 0.3) is 0 Å². The lowest BCUT2D eigenvalue weighted by atomic mass is 10.0.